The molecule has 2 aromatic carbocycles. The largest absolute Gasteiger partial charge is 0.494 e. The monoisotopic (exact) mass is 497 g/mol. The van der Waals surface area contributed by atoms with Crippen molar-refractivity contribution < 1.29 is 28.2 Å². The first-order valence-corrected chi connectivity index (χ1v) is 12.5. The number of ether oxygens (including phenoxy) is 3. The van der Waals surface area contributed by atoms with Crippen molar-refractivity contribution in [3.8, 4) is 17.2 Å². The van der Waals surface area contributed by atoms with Gasteiger partial charge in [-0.15, -0.1) is 0 Å². The highest BCUT2D eigenvalue weighted by Crippen LogP contribution is 2.37. The number of para-hydroxylation sites is 2. The van der Waals surface area contributed by atoms with E-state index < -0.39 is 11.6 Å². The minimum Gasteiger partial charge on any atom is -0.494 e. The van der Waals surface area contributed by atoms with E-state index in [-0.39, 0.29) is 42.6 Å². The molecule has 0 unspecified atom stereocenters. The van der Waals surface area contributed by atoms with Crippen molar-refractivity contribution in [3.63, 3.8) is 0 Å². The molecule has 3 aliphatic rings. The molecule has 5 rings (SSSR count). The number of nitrogens with zero attached hydrogens (tertiary/aromatic N) is 2. The smallest absolute Gasteiger partial charge is 0.325 e. The Hall–Kier alpha value is -3.33. The fraction of sp³-hybridized carbons (Fsp3) is 0.481. The number of carbonyl (C=O) groups excluding carboxylic acids is 2. The van der Waals surface area contributed by atoms with E-state index in [9.17, 15) is 14.0 Å². The van der Waals surface area contributed by atoms with Crippen LogP contribution in [0.15, 0.2) is 42.5 Å². The van der Waals surface area contributed by atoms with Gasteiger partial charge in [-0.2, -0.15) is 0 Å². The first kappa shape index (κ1) is 24.4. The summed E-state index contributed by atoms with van der Waals surface area (Å²) in [4.78, 5) is 30.2. The normalized spacial score (nSPS) is 24.6. The van der Waals surface area contributed by atoms with Crippen molar-refractivity contribution in [2.24, 2.45) is 5.92 Å². The topological polar surface area (TPSA) is 80.3 Å². The van der Waals surface area contributed by atoms with Gasteiger partial charge < -0.3 is 19.5 Å². The number of nitrogens with one attached hydrogen (secondary N) is 1. The highest BCUT2D eigenvalue weighted by Gasteiger charge is 2.55. The molecule has 2 atom stereocenters. The summed E-state index contributed by atoms with van der Waals surface area (Å²) in [6.07, 6.45) is 1.67. The van der Waals surface area contributed by atoms with E-state index in [0.717, 1.165) is 31.5 Å². The molecule has 0 spiro atoms. The second kappa shape index (κ2) is 9.97. The van der Waals surface area contributed by atoms with Gasteiger partial charge in [0.1, 0.15) is 12.1 Å². The van der Waals surface area contributed by atoms with E-state index in [2.05, 4.69) is 10.2 Å². The number of fused-ring (bicyclic) bond motifs is 1. The minimum absolute atomic E-state index is 0.0344. The van der Waals surface area contributed by atoms with E-state index in [4.69, 9.17) is 14.2 Å². The van der Waals surface area contributed by atoms with Gasteiger partial charge >= 0.3 is 6.03 Å². The molecule has 2 saturated heterocycles. The molecule has 8 nitrogen and oxygen atoms in total. The number of hydrogen-bond acceptors (Lipinski definition) is 6. The van der Waals surface area contributed by atoms with Crippen molar-refractivity contribution in [2.75, 3.05) is 33.4 Å². The summed E-state index contributed by atoms with van der Waals surface area (Å²) in [5.74, 6) is 1.00. The molecule has 9 heteroatoms. The predicted molar refractivity (Wildman–Crippen MR) is 131 cm³/mol. The van der Waals surface area contributed by atoms with E-state index in [1.807, 2.05) is 31.2 Å². The van der Waals surface area contributed by atoms with E-state index >= 15 is 0 Å². The first-order valence-electron chi connectivity index (χ1n) is 12.5. The third kappa shape index (κ3) is 4.48. The SMILES string of the molecule is CC[C@]1(C2CCN(Cc3ccc(F)c(OC)c3)CC2)NC(=O)N(C[C@H]2COc3ccccc3O2)C1=O. The molecule has 3 amide bonds. The minimum atomic E-state index is -0.907. The number of amides is 3. The summed E-state index contributed by atoms with van der Waals surface area (Å²) in [5, 5.41) is 3.05. The number of methoxy groups -OCH3 is 1. The molecule has 192 valence electrons. The Balaban J connectivity index is 1.21. The maximum absolute atomic E-state index is 13.7. The van der Waals surface area contributed by atoms with Crippen molar-refractivity contribution in [2.45, 2.75) is 44.4 Å². The summed E-state index contributed by atoms with van der Waals surface area (Å²) >= 11 is 0. The summed E-state index contributed by atoms with van der Waals surface area (Å²) in [7, 11) is 1.46. The van der Waals surface area contributed by atoms with Crippen LogP contribution in [0.1, 0.15) is 31.7 Å². The number of imide groups is 1. The highest BCUT2D eigenvalue weighted by atomic mass is 19.1. The number of carbonyl (C=O) groups is 2. The van der Waals surface area contributed by atoms with Gasteiger partial charge in [-0.25, -0.2) is 9.18 Å². The molecular weight excluding hydrogens is 465 g/mol. The lowest BCUT2D eigenvalue weighted by Crippen LogP contribution is -2.56. The molecule has 3 aliphatic heterocycles. The van der Waals surface area contributed by atoms with Gasteiger partial charge in [-0.3, -0.25) is 14.6 Å². The first-order chi connectivity index (χ1) is 17.4. The Kier molecular flexibility index (Phi) is 6.75. The maximum Gasteiger partial charge on any atom is 0.325 e. The zero-order chi connectivity index (χ0) is 25.3. The number of piperidine rings is 1. The molecule has 2 fully saturated rings. The van der Waals surface area contributed by atoms with Crippen LogP contribution in [0.2, 0.25) is 0 Å². The van der Waals surface area contributed by atoms with E-state index in [0.29, 0.717) is 24.5 Å². The molecule has 1 N–H and O–H groups in total. The molecule has 0 saturated carbocycles. The third-order valence-corrected chi connectivity index (χ3v) is 7.62. The van der Waals surface area contributed by atoms with Crippen LogP contribution in [-0.4, -0.2) is 66.7 Å². The van der Waals surface area contributed by atoms with E-state index in [1.165, 1.54) is 18.1 Å². The maximum atomic E-state index is 13.7. The molecule has 0 aliphatic carbocycles. The third-order valence-electron chi connectivity index (χ3n) is 7.62. The summed E-state index contributed by atoms with van der Waals surface area (Å²) in [5.41, 5.74) is 0.0694. The molecule has 0 radical (unpaired) electrons. The van der Waals surface area contributed by atoms with Crippen LogP contribution in [0.3, 0.4) is 0 Å². The number of benzene rings is 2. The fourth-order valence-electron chi connectivity index (χ4n) is 5.62. The lowest BCUT2D eigenvalue weighted by molar-refractivity contribution is -0.135. The second-order valence-electron chi connectivity index (χ2n) is 9.69. The van der Waals surface area contributed by atoms with Crippen molar-refractivity contribution in [3.05, 3.63) is 53.8 Å². The Labute approximate surface area is 210 Å². The van der Waals surface area contributed by atoms with Gasteiger partial charge in [0, 0.05) is 6.54 Å². The van der Waals surface area contributed by atoms with Crippen LogP contribution in [0, 0.1) is 11.7 Å². The van der Waals surface area contributed by atoms with Gasteiger partial charge in [-0.1, -0.05) is 25.1 Å². The van der Waals surface area contributed by atoms with Crippen LogP contribution in [0.5, 0.6) is 17.2 Å². The summed E-state index contributed by atoms with van der Waals surface area (Å²) < 4.78 is 30.6. The van der Waals surface area contributed by atoms with E-state index in [1.54, 1.807) is 12.1 Å². The number of halogens is 1. The zero-order valence-electron chi connectivity index (χ0n) is 20.7. The summed E-state index contributed by atoms with van der Waals surface area (Å²) in [6, 6.07) is 11.9. The predicted octanol–water partition coefficient (Wildman–Crippen LogP) is 3.59. The Morgan fingerprint density at radius 1 is 1.14 bits per heavy atom. The lowest BCUT2D eigenvalue weighted by Gasteiger charge is -2.40. The molecule has 0 bridgehead atoms. The van der Waals surface area contributed by atoms with Crippen LogP contribution in [0.4, 0.5) is 9.18 Å². The van der Waals surface area contributed by atoms with Crippen molar-refractivity contribution >= 4 is 11.9 Å². The molecule has 36 heavy (non-hydrogen) atoms. The molecule has 3 heterocycles. The van der Waals surface area contributed by atoms with Gasteiger partial charge in [0.05, 0.1) is 13.7 Å². The lowest BCUT2D eigenvalue weighted by atomic mass is 9.75. The van der Waals surface area contributed by atoms with Crippen molar-refractivity contribution in [1.29, 1.82) is 0 Å². The van der Waals surface area contributed by atoms with Crippen LogP contribution in [-0.2, 0) is 11.3 Å². The van der Waals surface area contributed by atoms with Gasteiger partial charge in [0.25, 0.3) is 5.91 Å². The second-order valence-corrected chi connectivity index (χ2v) is 9.69. The van der Waals surface area contributed by atoms with Crippen LogP contribution in [0.25, 0.3) is 0 Å². The van der Waals surface area contributed by atoms with Crippen LogP contribution < -0.4 is 19.5 Å². The zero-order valence-corrected chi connectivity index (χ0v) is 20.7. The van der Waals surface area contributed by atoms with Crippen LogP contribution >= 0.6 is 0 Å². The average Bonchev–Trinajstić information content (AvgIpc) is 3.15. The van der Waals surface area contributed by atoms with Gasteiger partial charge in [-0.05, 0) is 68.1 Å². The fourth-order valence-corrected chi connectivity index (χ4v) is 5.62. The summed E-state index contributed by atoms with van der Waals surface area (Å²) in [6.45, 7) is 4.62. The number of urea groups is 1. The molecular formula is C27H32FN3O5. The van der Waals surface area contributed by atoms with Gasteiger partial charge in [0.2, 0.25) is 0 Å². The average molecular weight is 498 g/mol. The van der Waals surface area contributed by atoms with Crippen molar-refractivity contribution in [1.82, 2.24) is 15.1 Å². The molecule has 0 aromatic heterocycles. The Morgan fingerprint density at radius 3 is 2.61 bits per heavy atom. The highest BCUT2D eigenvalue weighted by molar-refractivity contribution is 6.07. The number of rotatable bonds is 7. The Bertz CT molecular complexity index is 1140. The van der Waals surface area contributed by atoms with Gasteiger partial charge in [0.15, 0.2) is 29.2 Å². The number of hydrogen-bond donors (Lipinski definition) is 1. The quantitative estimate of drug-likeness (QED) is 0.589. The Morgan fingerprint density at radius 2 is 1.89 bits per heavy atom. The molecule has 2 aromatic rings. The number of likely N-dealkylation sites (tertiary alicyclic amines) is 1. The standard InChI is InChI=1S/C27H32FN3O5/c1-3-27(19-10-12-30(13-11-19)15-18-8-9-21(28)24(14-18)34-2)25(32)31(26(33)29-27)16-20-17-35-22-6-4-5-7-23(22)36-20/h4-9,14,19-20H,3,10-13,15-17H2,1-2H3,(H,29,33)/t20-,27+/m0/s1.